The van der Waals surface area contributed by atoms with Gasteiger partial charge in [0.1, 0.15) is 11.8 Å². The number of carboxylic acids is 1. The molecular formula is C25H26N2O3S. The van der Waals surface area contributed by atoms with Gasteiger partial charge in [0.15, 0.2) is 5.16 Å². The van der Waals surface area contributed by atoms with Gasteiger partial charge in [-0.1, -0.05) is 81.1 Å². The first-order valence-electron chi connectivity index (χ1n) is 10.3. The maximum Gasteiger partial charge on any atom is 0.327 e. The summed E-state index contributed by atoms with van der Waals surface area (Å²) in [6, 6.07) is 21.1. The number of thioether (sulfide) groups is 1. The second kappa shape index (κ2) is 8.63. The van der Waals surface area contributed by atoms with E-state index >= 15 is 0 Å². The van der Waals surface area contributed by atoms with Crippen molar-refractivity contribution >= 4 is 39.5 Å². The Morgan fingerprint density at radius 3 is 2.55 bits per heavy atom. The number of fused-ring (bicyclic) bond motifs is 2. The number of rotatable bonds is 7. The Hall–Kier alpha value is -2.99. The highest BCUT2D eigenvalue weighted by molar-refractivity contribution is 7.99. The van der Waals surface area contributed by atoms with Gasteiger partial charge in [0.2, 0.25) is 0 Å². The van der Waals surface area contributed by atoms with Crippen LogP contribution >= 0.6 is 11.8 Å². The molecule has 1 aromatic heterocycles. The van der Waals surface area contributed by atoms with Crippen molar-refractivity contribution in [3.8, 4) is 5.75 Å². The first-order chi connectivity index (χ1) is 14.9. The van der Waals surface area contributed by atoms with Crippen molar-refractivity contribution in [2.45, 2.75) is 32.0 Å². The Balaban J connectivity index is 1.56. The first kappa shape index (κ1) is 21.2. The second-order valence-corrected chi connectivity index (χ2v) is 9.60. The average Bonchev–Trinajstić information content (AvgIpc) is 3.08. The van der Waals surface area contributed by atoms with Crippen LogP contribution in [0, 0.1) is 5.41 Å². The molecule has 0 saturated carbocycles. The standard InChI is InChI=1S/C25H26N2O3S/c1-25(2,3)22(23(28)29)27-20-13-7-6-12-19(20)26-24(27)31-16-15-30-21-14-8-10-17-9-4-5-11-18(17)21/h4-14,22H,15-16H2,1-3H3,(H,28,29). The summed E-state index contributed by atoms with van der Waals surface area (Å²) in [6.07, 6.45) is 0. The van der Waals surface area contributed by atoms with Gasteiger partial charge in [0, 0.05) is 11.1 Å². The van der Waals surface area contributed by atoms with Crippen LogP contribution in [0.5, 0.6) is 5.75 Å². The fraction of sp³-hybridized carbons (Fsp3) is 0.280. The third kappa shape index (κ3) is 4.39. The van der Waals surface area contributed by atoms with Gasteiger partial charge >= 0.3 is 5.97 Å². The molecule has 4 aromatic rings. The Bertz CT molecular complexity index is 1220. The number of imidazole rings is 1. The van der Waals surface area contributed by atoms with Crippen LogP contribution in [0.1, 0.15) is 26.8 Å². The molecule has 160 valence electrons. The third-order valence-corrected chi connectivity index (χ3v) is 6.11. The average molecular weight is 435 g/mol. The number of benzene rings is 3. The highest BCUT2D eigenvalue weighted by Crippen LogP contribution is 2.37. The number of hydrogen-bond donors (Lipinski definition) is 1. The Morgan fingerprint density at radius 2 is 1.77 bits per heavy atom. The van der Waals surface area contributed by atoms with Gasteiger partial charge in [-0.3, -0.25) is 0 Å². The number of aromatic nitrogens is 2. The molecule has 1 N–H and O–H groups in total. The topological polar surface area (TPSA) is 64.3 Å². The fourth-order valence-corrected chi connectivity index (χ4v) is 4.70. The van der Waals surface area contributed by atoms with Crippen LogP contribution in [0.25, 0.3) is 21.8 Å². The molecule has 0 radical (unpaired) electrons. The second-order valence-electron chi connectivity index (χ2n) is 8.53. The maximum atomic E-state index is 12.2. The molecule has 0 fully saturated rings. The summed E-state index contributed by atoms with van der Waals surface area (Å²) in [6.45, 7) is 6.32. The molecule has 0 saturated heterocycles. The number of aliphatic carboxylic acids is 1. The van der Waals surface area contributed by atoms with E-state index < -0.39 is 17.4 Å². The van der Waals surface area contributed by atoms with Crippen molar-refractivity contribution in [1.29, 1.82) is 0 Å². The van der Waals surface area contributed by atoms with E-state index in [2.05, 4.69) is 18.2 Å². The van der Waals surface area contributed by atoms with E-state index in [-0.39, 0.29) is 0 Å². The minimum atomic E-state index is -0.857. The van der Waals surface area contributed by atoms with E-state index in [1.807, 2.05) is 73.9 Å². The van der Waals surface area contributed by atoms with Crippen LogP contribution in [0.2, 0.25) is 0 Å². The molecule has 1 unspecified atom stereocenters. The van der Waals surface area contributed by atoms with Gasteiger partial charge in [-0.15, -0.1) is 0 Å². The normalized spacial score (nSPS) is 12.9. The summed E-state index contributed by atoms with van der Waals surface area (Å²) in [5, 5.41) is 12.9. The van der Waals surface area contributed by atoms with Crippen LogP contribution in [0.15, 0.2) is 71.9 Å². The van der Waals surface area contributed by atoms with Crippen molar-refractivity contribution in [2.75, 3.05) is 12.4 Å². The molecule has 1 heterocycles. The predicted molar refractivity (Wildman–Crippen MR) is 126 cm³/mol. The van der Waals surface area contributed by atoms with Gasteiger partial charge in [0.05, 0.1) is 17.6 Å². The van der Waals surface area contributed by atoms with Crippen molar-refractivity contribution in [1.82, 2.24) is 9.55 Å². The summed E-state index contributed by atoms with van der Waals surface area (Å²) in [5.74, 6) is 0.651. The molecule has 0 bridgehead atoms. The van der Waals surface area contributed by atoms with Crippen molar-refractivity contribution in [3.63, 3.8) is 0 Å². The Morgan fingerprint density at radius 1 is 1.06 bits per heavy atom. The number of para-hydroxylation sites is 2. The Kier molecular flexibility index (Phi) is 5.92. The molecule has 5 nitrogen and oxygen atoms in total. The summed E-state index contributed by atoms with van der Waals surface area (Å²) >= 11 is 1.52. The van der Waals surface area contributed by atoms with E-state index in [4.69, 9.17) is 9.72 Å². The summed E-state index contributed by atoms with van der Waals surface area (Å²) in [7, 11) is 0. The molecule has 0 spiro atoms. The number of carboxylic acid groups (broad SMARTS) is 1. The quantitative estimate of drug-likeness (QED) is 0.284. The monoisotopic (exact) mass is 434 g/mol. The SMILES string of the molecule is CC(C)(C)C(C(=O)O)n1c(SCCOc2cccc3ccccc23)nc2ccccc21. The maximum absolute atomic E-state index is 12.2. The van der Waals surface area contributed by atoms with Crippen LogP contribution in [-0.4, -0.2) is 33.0 Å². The minimum absolute atomic E-state index is 0.468. The third-order valence-electron chi connectivity index (χ3n) is 5.20. The highest BCUT2D eigenvalue weighted by Gasteiger charge is 2.35. The number of carbonyl (C=O) groups is 1. The molecule has 0 aliphatic heterocycles. The lowest BCUT2D eigenvalue weighted by Crippen LogP contribution is -2.32. The number of ether oxygens (including phenoxy) is 1. The largest absolute Gasteiger partial charge is 0.492 e. The molecule has 1 atom stereocenters. The van der Waals surface area contributed by atoms with E-state index in [0.717, 1.165) is 27.6 Å². The zero-order valence-electron chi connectivity index (χ0n) is 17.9. The molecule has 0 aliphatic carbocycles. The highest BCUT2D eigenvalue weighted by atomic mass is 32.2. The fourth-order valence-electron chi connectivity index (χ4n) is 3.85. The minimum Gasteiger partial charge on any atom is -0.492 e. The summed E-state index contributed by atoms with van der Waals surface area (Å²) < 4.78 is 7.92. The molecule has 0 aliphatic rings. The lowest BCUT2D eigenvalue weighted by molar-refractivity contribution is -0.144. The molecule has 3 aromatic carbocycles. The van der Waals surface area contributed by atoms with Gasteiger partial charge in [-0.2, -0.15) is 0 Å². The van der Waals surface area contributed by atoms with Gasteiger partial charge < -0.3 is 14.4 Å². The van der Waals surface area contributed by atoms with Gasteiger partial charge in [-0.25, -0.2) is 9.78 Å². The van der Waals surface area contributed by atoms with Gasteiger partial charge in [0.25, 0.3) is 0 Å². The van der Waals surface area contributed by atoms with Crippen LogP contribution in [0.3, 0.4) is 0 Å². The van der Waals surface area contributed by atoms with Crippen LogP contribution < -0.4 is 4.74 Å². The smallest absolute Gasteiger partial charge is 0.327 e. The number of hydrogen-bond acceptors (Lipinski definition) is 4. The summed E-state index contributed by atoms with van der Waals surface area (Å²) in [5.41, 5.74) is 1.17. The van der Waals surface area contributed by atoms with E-state index in [0.29, 0.717) is 17.5 Å². The van der Waals surface area contributed by atoms with E-state index in [1.54, 1.807) is 0 Å². The van der Waals surface area contributed by atoms with Crippen molar-refractivity contribution in [3.05, 3.63) is 66.7 Å². The number of nitrogens with zero attached hydrogens (tertiary/aromatic N) is 2. The zero-order valence-corrected chi connectivity index (χ0v) is 18.7. The molecule has 0 amide bonds. The van der Waals surface area contributed by atoms with Crippen molar-refractivity contribution in [2.24, 2.45) is 5.41 Å². The predicted octanol–water partition coefficient (Wildman–Crippen LogP) is 6.03. The van der Waals surface area contributed by atoms with E-state index in [9.17, 15) is 9.90 Å². The molecule has 31 heavy (non-hydrogen) atoms. The van der Waals surface area contributed by atoms with Gasteiger partial charge in [-0.05, 0) is 29.0 Å². The lowest BCUT2D eigenvalue weighted by atomic mass is 9.86. The molecule has 4 rings (SSSR count). The molecule has 6 heteroatoms. The van der Waals surface area contributed by atoms with Crippen molar-refractivity contribution < 1.29 is 14.6 Å². The lowest BCUT2D eigenvalue weighted by Gasteiger charge is -2.29. The van der Waals surface area contributed by atoms with E-state index in [1.165, 1.54) is 11.8 Å². The van der Waals surface area contributed by atoms with Crippen LogP contribution in [-0.2, 0) is 4.79 Å². The summed E-state index contributed by atoms with van der Waals surface area (Å²) in [4.78, 5) is 16.9. The molecular weight excluding hydrogens is 408 g/mol. The zero-order chi connectivity index (χ0) is 22.0. The Labute approximate surface area is 186 Å². The van der Waals surface area contributed by atoms with Crippen LogP contribution in [0.4, 0.5) is 0 Å². The first-order valence-corrected chi connectivity index (χ1v) is 11.3.